The average molecular weight is 353 g/mol. The molecule has 0 saturated heterocycles. The molecule has 0 bridgehead atoms. The largest absolute Gasteiger partial charge is 0.467 e. The van der Waals surface area contributed by atoms with Gasteiger partial charge in [-0.3, -0.25) is 0 Å². The van der Waals surface area contributed by atoms with Gasteiger partial charge in [-0.1, -0.05) is 80.3 Å². The Morgan fingerprint density at radius 3 is 1.84 bits per heavy atom. The Hall–Kier alpha value is -2.27. The molecule has 0 saturated carbocycles. The summed E-state index contributed by atoms with van der Waals surface area (Å²) in [7, 11) is -0.435. The number of rotatable bonds is 4. The molecule has 1 aliphatic heterocycles. The number of ether oxygens (including phenoxy) is 1. The van der Waals surface area contributed by atoms with Gasteiger partial charge in [0.15, 0.2) is 6.04 Å². The van der Waals surface area contributed by atoms with E-state index < -0.39 is 19.7 Å². The molecule has 5 heteroatoms. The first-order chi connectivity index (χ1) is 11.9. The summed E-state index contributed by atoms with van der Waals surface area (Å²) >= 11 is 0. The van der Waals surface area contributed by atoms with Crippen LogP contribution >= 0.6 is 0 Å². The highest BCUT2D eigenvalue weighted by Gasteiger charge is 2.58. The Labute approximate surface area is 150 Å². The van der Waals surface area contributed by atoms with E-state index in [9.17, 15) is 4.79 Å². The number of carbonyl (C=O) groups excluding carboxylic acids is 1. The smallest absolute Gasteiger partial charge is 0.332 e. The molecule has 3 rings (SSSR count). The predicted molar refractivity (Wildman–Crippen MR) is 101 cm³/mol. The van der Waals surface area contributed by atoms with E-state index in [2.05, 4.69) is 49.0 Å². The first-order valence-corrected chi connectivity index (χ1v) is 12.1. The molecule has 1 aliphatic rings. The van der Waals surface area contributed by atoms with E-state index in [1.54, 1.807) is 0 Å². The van der Waals surface area contributed by atoms with Crippen molar-refractivity contribution in [2.75, 3.05) is 7.11 Å². The van der Waals surface area contributed by atoms with E-state index in [4.69, 9.17) is 9.85 Å². The number of carbonyl (C=O) groups is 1. The van der Waals surface area contributed by atoms with E-state index in [1.165, 1.54) is 7.11 Å². The van der Waals surface area contributed by atoms with E-state index in [0.717, 1.165) is 11.1 Å². The van der Waals surface area contributed by atoms with Crippen molar-refractivity contribution in [1.82, 2.24) is 0 Å². The molecule has 0 amide bonds. The van der Waals surface area contributed by atoms with Gasteiger partial charge in [0, 0.05) is 5.54 Å². The summed E-state index contributed by atoms with van der Waals surface area (Å²) in [6, 6.07) is 19.8. The van der Waals surface area contributed by atoms with E-state index in [1.807, 2.05) is 36.4 Å². The van der Waals surface area contributed by atoms with Crippen LogP contribution in [0.25, 0.3) is 0 Å². The quantitative estimate of drug-likeness (QED) is 0.594. The Balaban J connectivity index is 2.27. The third-order valence-electron chi connectivity index (χ3n) is 4.91. The third kappa shape index (κ3) is 2.93. The summed E-state index contributed by atoms with van der Waals surface area (Å²) in [6.45, 7) is 6.81. The number of esters is 1. The van der Waals surface area contributed by atoms with Gasteiger partial charge in [0.2, 0.25) is 0 Å². The van der Waals surface area contributed by atoms with Crippen LogP contribution in [0.5, 0.6) is 0 Å². The fourth-order valence-electron chi connectivity index (χ4n) is 3.94. The molecule has 4 nitrogen and oxygen atoms in total. The van der Waals surface area contributed by atoms with Crippen molar-refractivity contribution in [3.8, 4) is 0 Å². The summed E-state index contributed by atoms with van der Waals surface area (Å²) in [4.78, 5) is 12.5. The number of benzene rings is 2. The van der Waals surface area contributed by atoms with Gasteiger partial charge in [-0.25, -0.2) is 4.79 Å². The standard InChI is InChI=1S/C20H24N2O2Si/c1-24-19(23)17-18(25(2,3)4)20(22-21-17,15-11-7-5-8-12-15)16-13-9-6-10-14-16/h5-14,17-18H,1-4H3/t17-,18-/m0/s1. The highest BCUT2D eigenvalue weighted by atomic mass is 28.3. The fourth-order valence-corrected chi connectivity index (χ4v) is 6.73. The first-order valence-electron chi connectivity index (χ1n) is 8.52. The van der Waals surface area contributed by atoms with Crippen LogP contribution in [0.15, 0.2) is 70.9 Å². The normalized spacial score (nSPS) is 21.9. The van der Waals surface area contributed by atoms with Crippen molar-refractivity contribution in [3.63, 3.8) is 0 Å². The SMILES string of the molecule is COC(=O)[C@H]1N=NC(c2ccccc2)(c2ccccc2)[C@H]1[Si](C)(C)C. The van der Waals surface area contributed by atoms with Crippen molar-refractivity contribution in [1.29, 1.82) is 0 Å². The summed E-state index contributed by atoms with van der Waals surface area (Å²) < 4.78 is 5.05. The van der Waals surface area contributed by atoms with Gasteiger partial charge in [-0.15, -0.1) is 0 Å². The first kappa shape index (κ1) is 17.5. The van der Waals surface area contributed by atoms with Gasteiger partial charge in [0.1, 0.15) is 5.54 Å². The molecular weight excluding hydrogens is 328 g/mol. The number of hydrogen-bond donors (Lipinski definition) is 0. The van der Waals surface area contributed by atoms with E-state index in [-0.39, 0.29) is 11.5 Å². The van der Waals surface area contributed by atoms with Crippen LogP contribution in [0.1, 0.15) is 11.1 Å². The lowest BCUT2D eigenvalue weighted by atomic mass is 9.79. The zero-order chi connectivity index (χ0) is 18.1. The molecular formula is C20H24N2O2Si. The Kier molecular flexibility index (Phi) is 4.60. The second kappa shape index (κ2) is 6.56. The molecule has 130 valence electrons. The second-order valence-corrected chi connectivity index (χ2v) is 12.9. The van der Waals surface area contributed by atoms with Gasteiger partial charge in [0.25, 0.3) is 0 Å². The molecule has 2 aromatic carbocycles. The molecule has 0 unspecified atom stereocenters. The van der Waals surface area contributed by atoms with Crippen LogP contribution in [0.2, 0.25) is 25.2 Å². The maximum absolute atomic E-state index is 12.5. The van der Waals surface area contributed by atoms with Gasteiger partial charge in [-0.05, 0) is 11.1 Å². The van der Waals surface area contributed by atoms with Crippen molar-refractivity contribution in [2.45, 2.75) is 36.8 Å². The van der Waals surface area contributed by atoms with E-state index >= 15 is 0 Å². The lowest BCUT2D eigenvalue weighted by Gasteiger charge is -2.41. The lowest BCUT2D eigenvalue weighted by Crippen LogP contribution is -2.48. The maximum atomic E-state index is 12.5. The number of azo groups is 1. The Morgan fingerprint density at radius 1 is 0.960 bits per heavy atom. The number of hydrogen-bond acceptors (Lipinski definition) is 4. The van der Waals surface area contributed by atoms with Gasteiger partial charge in [0.05, 0.1) is 15.2 Å². The monoisotopic (exact) mass is 352 g/mol. The van der Waals surface area contributed by atoms with Crippen LogP contribution in [-0.2, 0) is 15.1 Å². The minimum Gasteiger partial charge on any atom is -0.467 e. The Bertz CT molecular complexity index is 730. The van der Waals surface area contributed by atoms with Crippen molar-refractivity contribution in [2.24, 2.45) is 10.2 Å². The van der Waals surface area contributed by atoms with Crippen molar-refractivity contribution < 1.29 is 9.53 Å². The lowest BCUT2D eigenvalue weighted by molar-refractivity contribution is -0.142. The highest BCUT2D eigenvalue weighted by molar-refractivity contribution is 6.78. The molecule has 0 aliphatic carbocycles. The van der Waals surface area contributed by atoms with Crippen LogP contribution < -0.4 is 0 Å². The summed E-state index contributed by atoms with van der Waals surface area (Å²) in [5, 5.41) is 9.21. The molecule has 0 N–H and O–H groups in total. The predicted octanol–water partition coefficient (Wildman–Crippen LogP) is 4.65. The molecule has 0 spiro atoms. The molecule has 2 atom stereocenters. The summed E-state index contributed by atoms with van der Waals surface area (Å²) in [5.74, 6) is -0.301. The average Bonchev–Trinajstić information content (AvgIpc) is 3.04. The maximum Gasteiger partial charge on any atom is 0.332 e. The molecule has 2 aromatic rings. The topological polar surface area (TPSA) is 51.0 Å². The van der Waals surface area contributed by atoms with Gasteiger partial charge in [-0.2, -0.15) is 10.2 Å². The molecule has 1 heterocycles. The number of methoxy groups -OCH3 is 1. The Morgan fingerprint density at radius 2 is 1.44 bits per heavy atom. The van der Waals surface area contributed by atoms with Gasteiger partial charge < -0.3 is 4.74 Å². The second-order valence-electron chi connectivity index (χ2n) is 7.53. The van der Waals surface area contributed by atoms with Crippen LogP contribution in [0.3, 0.4) is 0 Å². The van der Waals surface area contributed by atoms with Crippen LogP contribution in [0, 0.1) is 0 Å². The van der Waals surface area contributed by atoms with E-state index in [0.29, 0.717) is 0 Å². The highest BCUT2D eigenvalue weighted by Crippen LogP contribution is 2.55. The zero-order valence-corrected chi connectivity index (χ0v) is 16.1. The molecule has 0 radical (unpaired) electrons. The van der Waals surface area contributed by atoms with Crippen LogP contribution in [-0.4, -0.2) is 27.2 Å². The zero-order valence-electron chi connectivity index (χ0n) is 15.1. The molecule has 25 heavy (non-hydrogen) atoms. The minimum absolute atomic E-state index is 0.0164. The third-order valence-corrected chi connectivity index (χ3v) is 7.51. The summed E-state index contributed by atoms with van der Waals surface area (Å²) in [6.07, 6.45) is 0. The summed E-state index contributed by atoms with van der Waals surface area (Å²) in [5.41, 5.74) is 1.48. The van der Waals surface area contributed by atoms with Gasteiger partial charge >= 0.3 is 5.97 Å². The van der Waals surface area contributed by atoms with Crippen molar-refractivity contribution in [3.05, 3.63) is 71.8 Å². The molecule has 0 fully saturated rings. The molecule has 0 aromatic heterocycles. The number of nitrogens with zero attached hydrogens (tertiary/aromatic N) is 2. The minimum atomic E-state index is -1.86. The fraction of sp³-hybridized carbons (Fsp3) is 0.350. The van der Waals surface area contributed by atoms with Crippen LogP contribution in [0.4, 0.5) is 0 Å². The van der Waals surface area contributed by atoms with Crippen molar-refractivity contribution >= 4 is 14.0 Å².